The number of methoxy groups -OCH3 is 2. The first kappa shape index (κ1) is 23.6. The average Bonchev–Trinajstić information content (AvgIpc) is 3.40. The molecule has 1 aromatic heterocycles. The van der Waals surface area contributed by atoms with Crippen LogP contribution in [0.3, 0.4) is 0 Å². The lowest BCUT2D eigenvalue weighted by atomic mass is 10.1. The van der Waals surface area contributed by atoms with Crippen molar-refractivity contribution in [2.24, 2.45) is 0 Å². The SMILES string of the molecule is COc1ccc(-c2cc(NC(=O)COc3ccccc3C)n(C3CCS(=O)(=O)C3)n2)cc1OC. The number of aryl methyl sites for hydroxylation is 1. The van der Waals surface area contributed by atoms with Gasteiger partial charge in [0.2, 0.25) is 0 Å². The fourth-order valence-corrected chi connectivity index (χ4v) is 5.60. The Bertz CT molecular complexity index is 1300. The highest BCUT2D eigenvalue weighted by atomic mass is 32.2. The van der Waals surface area contributed by atoms with Gasteiger partial charge in [0.1, 0.15) is 11.6 Å². The molecule has 10 heteroatoms. The van der Waals surface area contributed by atoms with Crippen molar-refractivity contribution in [1.82, 2.24) is 9.78 Å². The highest BCUT2D eigenvalue weighted by Gasteiger charge is 2.32. The third kappa shape index (κ3) is 5.17. The van der Waals surface area contributed by atoms with Gasteiger partial charge in [-0.15, -0.1) is 0 Å². The van der Waals surface area contributed by atoms with Crippen LogP contribution >= 0.6 is 0 Å². The molecule has 3 aromatic rings. The van der Waals surface area contributed by atoms with Gasteiger partial charge in [0.25, 0.3) is 5.91 Å². The molecule has 4 rings (SSSR count). The largest absolute Gasteiger partial charge is 0.493 e. The lowest BCUT2D eigenvalue weighted by molar-refractivity contribution is -0.118. The highest BCUT2D eigenvalue weighted by Crippen LogP contribution is 2.34. The van der Waals surface area contributed by atoms with Crippen molar-refractivity contribution in [2.45, 2.75) is 19.4 Å². The topological polar surface area (TPSA) is 109 Å². The molecule has 2 aromatic carbocycles. The van der Waals surface area contributed by atoms with E-state index >= 15 is 0 Å². The van der Waals surface area contributed by atoms with E-state index in [1.54, 1.807) is 43.2 Å². The Balaban J connectivity index is 1.60. The van der Waals surface area contributed by atoms with Crippen LogP contribution in [0.4, 0.5) is 5.82 Å². The quantitative estimate of drug-likeness (QED) is 0.522. The van der Waals surface area contributed by atoms with Gasteiger partial charge >= 0.3 is 0 Å². The smallest absolute Gasteiger partial charge is 0.263 e. The Kier molecular flexibility index (Phi) is 6.78. The second kappa shape index (κ2) is 9.76. The predicted molar refractivity (Wildman–Crippen MR) is 128 cm³/mol. The molecule has 1 unspecified atom stereocenters. The monoisotopic (exact) mass is 485 g/mol. The third-order valence-corrected chi connectivity index (χ3v) is 7.44. The molecular formula is C24H27N3O6S. The van der Waals surface area contributed by atoms with Crippen molar-refractivity contribution in [1.29, 1.82) is 0 Å². The van der Waals surface area contributed by atoms with Crippen LogP contribution in [0, 0.1) is 6.92 Å². The number of anilines is 1. The maximum Gasteiger partial charge on any atom is 0.263 e. The van der Waals surface area contributed by atoms with Crippen molar-refractivity contribution < 1.29 is 27.4 Å². The van der Waals surface area contributed by atoms with E-state index in [1.165, 1.54) is 0 Å². The van der Waals surface area contributed by atoms with Gasteiger partial charge in [-0.3, -0.25) is 4.79 Å². The molecule has 0 radical (unpaired) electrons. The molecule has 1 fully saturated rings. The van der Waals surface area contributed by atoms with Gasteiger partial charge < -0.3 is 19.5 Å². The van der Waals surface area contributed by atoms with Gasteiger partial charge in [-0.05, 0) is 43.2 Å². The lowest BCUT2D eigenvalue weighted by Crippen LogP contribution is -2.24. The molecule has 180 valence electrons. The zero-order valence-electron chi connectivity index (χ0n) is 19.3. The number of nitrogens with zero attached hydrogens (tertiary/aromatic N) is 2. The summed E-state index contributed by atoms with van der Waals surface area (Å²) in [4.78, 5) is 12.7. The summed E-state index contributed by atoms with van der Waals surface area (Å²) in [7, 11) is -0.0493. The van der Waals surface area contributed by atoms with E-state index in [0.29, 0.717) is 35.2 Å². The summed E-state index contributed by atoms with van der Waals surface area (Å²) in [6.07, 6.45) is 0.429. The Morgan fingerprint density at radius 3 is 2.53 bits per heavy atom. The number of carbonyl (C=O) groups excluding carboxylic acids is 1. The molecule has 1 saturated heterocycles. The molecule has 0 aliphatic carbocycles. The lowest BCUT2D eigenvalue weighted by Gasteiger charge is -2.14. The Morgan fingerprint density at radius 2 is 1.85 bits per heavy atom. The molecule has 1 aliphatic rings. The molecule has 34 heavy (non-hydrogen) atoms. The van der Waals surface area contributed by atoms with Crippen LogP contribution in [0.2, 0.25) is 0 Å². The van der Waals surface area contributed by atoms with Crippen molar-refractivity contribution in [3.8, 4) is 28.5 Å². The molecule has 9 nitrogen and oxygen atoms in total. The summed E-state index contributed by atoms with van der Waals surface area (Å²) in [6, 6.07) is 14.2. The van der Waals surface area contributed by atoms with Crippen molar-refractivity contribution in [2.75, 3.05) is 37.6 Å². The molecule has 1 atom stereocenters. The number of sulfone groups is 1. The molecule has 0 bridgehead atoms. The van der Waals surface area contributed by atoms with Gasteiger partial charge in [-0.2, -0.15) is 5.10 Å². The molecule has 1 N–H and O–H groups in total. The zero-order valence-corrected chi connectivity index (χ0v) is 20.1. The van der Waals surface area contributed by atoms with Crippen molar-refractivity contribution in [3.63, 3.8) is 0 Å². The van der Waals surface area contributed by atoms with Gasteiger partial charge in [0, 0.05) is 11.6 Å². The number of nitrogens with one attached hydrogen (secondary N) is 1. The second-order valence-corrected chi connectivity index (χ2v) is 10.3. The average molecular weight is 486 g/mol. The zero-order chi connectivity index (χ0) is 24.3. The van der Waals surface area contributed by atoms with Crippen molar-refractivity contribution in [3.05, 3.63) is 54.1 Å². The van der Waals surface area contributed by atoms with Crippen LogP contribution < -0.4 is 19.5 Å². The molecule has 1 amide bonds. The van der Waals surface area contributed by atoms with Gasteiger partial charge in [0.15, 0.2) is 27.9 Å². The number of amides is 1. The Morgan fingerprint density at radius 1 is 1.09 bits per heavy atom. The molecule has 1 aliphatic heterocycles. The first-order valence-electron chi connectivity index (χ1n) is 10.8. The minimum atomic E-state index is -3.15. The Hall–Kier alpha value is -3.53. The van der Waals surface area contributed by atoms with Crippen LogP contribution in [0.25, 0.3) is 11.3 Å². The molecular weight excluding hydrogens is 458 g/mol. The van der Waals surface area contributed by atoms with Gasteiger partial charge in [-0.1, -0.05) is 18.2 Å². The number of ether oxygens (including phenoxy) is 3. The van der Waals surface area contributed by atoms with Crippen molar-refractivity contribution >= 4 is 21.6 Å². The number of para-hydroxylation sites is 1. The normalized spacial score (nSPS) is 16.7. The maximum absolute atomic E-state index is 12.7. The van der Waals surface area contributed by atoms with E-state index in [2.05, 4.69) is 10.4 Å². The summed E-state index contributed by atoms with van der Waals surface area (Å²) in [5, 5.41) is 7.48. The third-order valence-electron chi connectivity index (χ3n) is 5.69. The number of benzene rings is 2. The first-order valence-corrected chi connectivity index (χ1v) is 12.6. The van der Waals surface area contributed by atoms with E-state index in [0.717, 1.165) is 11.1 Å². The molecule has 0 spiro atoms. The summed E-state index contributed by atoms with van der Waals surface area (Å²) in [5.74, 6) is 1.84. The number of aromatic nitrogens is 2. The fraction of sp³-hybridized carbons (Fsp3) is 0.333. The van der Waals surface area contributed by atoms with E-state index in [9.17, 15) is 13.2 Å². The molecule has 0 saturated carbocycles. The second-order valence-electron chi connectivity index (χ2n) is 8.09. The fourth-order valence-electron chi connectivity index (χ4n) is 3.91. The van der Waals surface area contributed by atoms with E-state index in [-0.39, 0.29) is 30.1 Å². The van der Waals surface area contributed by atoms with Crippen LogP contribution in [0.15, 0.2) is 48.5 Å². The number of hydrogen-bond donors (Lipinski definition) is 1. The number of hydrogen-bond acceptors (Lipinski definition) is 7. The van der Waals surface area contributed by atoms with Gasteiger partial charge in [0.05, 0.1) is 37.5 Å². The van der Waals surface area contributed by atoms with Gasteiger partial charge in [-0.25, -0.2) is 13.1 Å². The highest BCUT2D eigenvalue weighted by molar-refractivity contribution is 7.91. The number of carbonyl (C=O) groups is 1. The summed E-state index contributed by atoms with van der Waals surface area (Å²) in [6.45, 7) is 1.71. The minimum Gasteiger partial charge on any atom is -0.493 e. The minimum absolute atomic E-state index is 0.0252. The van der Waals surface area contributed by atoms with Crippen LogP contribution in [-0.4, -0.2) is 56.4 Å². The van der Waals surface area contributed by atoms with Crippen LogP contribution in [-0.2, 0) is 14.6 Å². The Labute approximate surface area is 198 Å². The maximum atomic E-state index is 12.7. The summed E-state index contributed by atoms with van der Waals surface area (Å²) >= 11 is 0. The predicted octanol–water partition coefficient (Wildman–Crippen LogP) is 3.25. The van der Waals surface area contributed by atoms with Crippen LogP contribution in [0.1, 0.15) is 18.0 Å². The summed E-state index contributed by atoms with van der Waals surface area (Å²) < 4.78 is 42.1. The molecule has 2 heterocycles. The standard InChI is InChI=1S/C24H27N3O6S/c1-16-6-4-5-7-20(16)33-14-24(28)25-23-13-19(17-8-9-21(31-2)22(12-17)32-3)26-27(23)18-10-11-34(29,30)15-18/h4-9,12-13,18H,10-11,14-15H2,1-3H3,(H,25,28). The van der Waals surface area contributed by atoms with E-state index in [1.807, 2.05) is 31.2 Å². The number of rotatable bonds is 8. The van der Waals surface area contributed by atoms with Crippen LogP contribution in [0.5, 0.6) is 17.2 Å². The first-order chi connectivity index (χ1) is 16.3. The summed E-state index contributed by atoms with van der Waals surface area (Å²) in [5.41, 5.74) is 2.23. The van der Waals surface area contributed by atoms with E-state index < -0.39 is 9.84 Å². The van der Waals surface area contributed by atoms with E-state index in [4.69, 9.17) is 14.2 Å².